The zero-order valence-corrected chi connectivity index (χ0v) is 12.0. The Bertz CT molecular complexity index is 630. The Morgan fingerprint density at radius 3 is 2.50 bits per heavy atom. The molecule has 20 heavy (non-hydrogen) atoms. The van der Waals surface area contributed by atoms with Gasteiger partial charge in [-0.05, 0) is 30.0 Å². The molecule has 1 atom stereocenters. The van der Waals surface area contributed by atoms with E-state index in [-0.39, 0.29) is 11.9 Å². The Balaban J connectivity index is 2.11. The topological polar surface area (TPSA) is 20.3 Å². The summed E-state index contributed by atoms with van der Waals surface area (Å²) < 4.78 is 0. The molecule has 1 unspecified atom stereocenters. The third kappa shape index (κ3) is 2.22. The predicted molar refractivity (Wildman–Crippen MR) is 80.6 cm³/mol. The van der Waals surface area contributed by atoms with E-state index in [0.717, 1.165) is 13.0 Å². The number of aryl methyl sites for hydroxylation is 1. The van der Waals surface area contributed by atoms with E-state index in [1.807, 2.05) is 4.90 Å². The highest BCUT2D eigenvalue weighted by atomic mass is 16.2. The first-order valence-corrected chi connectivity index (χ1v) is 7.08. The summed E-state index contributed by atoms with van der Waals surface area (Å²) in [7, 11) is 0. The van der Waals surface area contributed by atoms with E-state index in [1.54, 1.807) is 6.92 Å². The van der Waals surface area contributed by atoms with Crippen molar-refractivity contribution >= 4 is 5.91 Å². The lowest BCUT2D eigenvalue weighted by atomic mass is 9.88. The summed E-state index contributed by atoms with van der Waals surface area (Å²) in [6.45, 7) is 4.54. The number of carbonyl (C=O) groups excluding carboxylic acids is 1. The van der Waals surface area contributed by atoms with Crippen LogP contribution in [0.4, 0.5) is 0 Å². The smallest absolute Gasteiger partial charge is 0.220 e. The van der Waals surface area contributed by atoms with Crippen LogP contribution in [0.5, 0.6) is 0 Å². The molecular weight excluding hydrogens is 246 g/mol. The lowest BCUT2D eigenvalue weighted by Crippen LogP contribution is -2.39. The van der Waals surface area contributed by atoms with Crippen molar-refractivity contribution in [2.75, 3.05) is 6.54 Å². The van der Waals surface area contributed by atoms with Crippen LogP contribution in [0, 0.1) is 6.92 Å². The summed E-state index contributed by atoms with van der Waals surface area (Å²) in [6, 6.07) is 17.0. The molecule has 0 aromatic heterocycles. The molecule has 3 rings (SSSR count). The normalized spacial score (nSPS) is 17.7. The van der Waals surface area contributed by atoms with Gasteiger partial charge >= 0.3 is 0 Å². The van der Waals surface area contributed by atoms with Crippen LogP contribution in [-0.2, 0) is 11.2 Å². The van der Waals surface area contributed by atoms with E-state index in [0.29, 0.717) is 0 Å². The van der Waals surface area contributed by atoms with E-state index in [2.05, 4.69) is 55.5 Å². The average Bonchev–Trinajstić information content (AvgIpc) is 2.47. The summed E-state index contributed by atoms with van der Waals surface area (Å²) >= 11 is 0. The number of fused-ring (bicyclic) bond motifs is 1. The highest BCUT2D eigenvalue weighted by Crippen LogP contribution is 2.35. The molecule has 0 spiro atoms. The first-order valence-electron chi connectivity index (χ1n) is 7.08. The first-order chi connectivity index (χ1) is 9.66. The van der Waals surface area contributed by atoms with E-state index >= 15 is 0 Å². The third-order valence-corrected chi connectivity index (χ3v) is 4.08. The molecule has 2 aromatic rings. The van der Waals surface area contributed by atoms with Crippen molar-refractivity contribution in [3.8, 4) is 0 Å². The standard InChI is InChI=1S/C18H19NO/c1-13-7-9-16(10-8-13)18-17-6-4-3-5-15(17)11-12-19(18)14(2)20/h3-10,18H,11-12H2,1-2H3. The second-order valence-corrected chi connectivity index (χ2v) is 5.47. The monoisotopic (exact) mass is 265 g/mol. The molecule has 2 heteroatoms. The van der Waals surface area contributed by atoms with Crippen molar-refractivity contribution in [3.05, 3.63) is 70.8 Å². The van der Waals surface area contributed by atoms with Gasteiger partial charge in [-0.15, -0.1) is 0 Å². The first kappa shape index (κ1) is 12.9. The summed E-state index contributed by atoms with van der Waals surface area (Å²) in [5.41, 5.74) is 5.05. The summed E-state index contributed by atoms with van der Waals surface area (Å²) in [4.78, 5) is 14.0. The Morgan fingerprint density at radius 2 is 1.80 bits per heavy atom. The number of rotatable bonds is 1. The minimum absolute atomic E-state index is 0.0537. The minimum Gasteiger partial charge on any atom is -0.331 e. The molecule has 2 aromatic carbocycles. The number of hydrogen-bond acceptors (Lipinski definition) is 1. The van der Waals surface area contributed by atoms with Gasteiger partial charge < -0.3 is 4.90 Å². The maximum absolute atomic E-state index is 12.0. The largest absolute Gasteiger partial charge is 0.331 e. The summed E-state index contributed by atoms with van der Waals surface area (Å²) in [5, 5.41) is 0. The van der Waals surface area contributed by atoms with Crippen LogP contribution in [0.3, 0.4) is 0 Å². The predicted octanol–water partition coefficient (Wildman–Crippen LogP) is 3.49. The van der Waals surface area contributed by atoms with Crippen molar-refractivity contribution in [2.45, 2.75) is 26.3 Å². The fourth-order valence-corrected chi connectivity index (χ4v) is 3.01. The van der Waals surface area contributed by atoms with E-state index in [4.69, 9.17) is 0 Å². The SMILES string of the molecule is CC(=O)N1CCc2ccccc2C1c1ccc(C)cc1. The highest BCUT2D eigenvalue weighted by molar-refractivity contribution is 5.75. The number of hydrogen-bond donors (Lipinski definition) is 0. The van der Waals surface area contributed by atoms with Crippen molar-refractivity contribution in [1.29, 1.82) is 0 Å². The van der Waals surface area contributed by atoms with Crippen molar-refractivity contribution in [3.63, 3.8) is 0 Å². The van der Waals surface area contributed by atoms with Crippen LogP contribution in [0.15, 0.2) is 48.5 Å². The molecule has 1 aliphatic heterocycles. The van der Waals surface area contributed by atoms with Gasteiger partial charge in [-0.25, -0.2) is 0 Å². The van der Waals surface area contributed by atoms with Gasteiger partial charge in [0.25, 0.3) is 0 Å². The fraction of sp³-hybridized carbons (Fsp3) is 0.278. The number of carbonyl (C=O) groups is 1. The van der Waals surface area contributed by atoms with E-state index < -0.39 is 0 Å². The Hall–Kier alpha value is -2.09. The molecule has 0 N–H and O–H groups in total. The van der Waals surface area contributed by atoms with Crippen molar-refractivity contribution in [2.24, 2.45) is 0 Å². The van der Waals surface area contributed by atoms with Crippen LogP contribution in [-0.4, -0.2) is 17.4 Å². The van der Waals surface area contributed by atoms with Gasteiger partial charge in [-0.1, -0.05) is 54.1 Å². The van der Waals surface area contributed by atoms with Gasteiger partial charge in [-0.3, -0.25) is 4.79 Å². The van der Waals surface area contributed by atoms with Crippen LogP contribution >= 0.6 is 0 Å². The van der Waals surface area contributed by atoms with Crippen molar-refractivity contribution in [1.82, 2.24) is 4.90 Å². The zero-order chi connectivity index (χ0) is 14.1. The molecule has 0 aliphatic carbocycles. The summed E-state index contributed by atoms with van der Waals surface area (Å²) in [5.74, 6) is 0.144. The Labute approximate surface area is 120 Å². The molecule has 0 saturated heterocycles. The quantitative estimate of drug-likeness (QED) is 0.773. The molecular formula is C18H19NO. The van der Waals surface area contributed by atoms with Crippen LogP contribution in [0.2, 0.25) is 0 Å². The molecule has 2 nitrogen and oxygen atoms in total. The van der Waals surface area contributed by atoms with Gasteiger partial charge in [-0.2, -0.15) is 0 Å². The molecule has 102 valence electrons. The minimum atomic E-state index is 0.0537. The average molecular weight is 265 g/mol. The van der Waals surface area contributed by atoms with Crippen LogP contribution in [0.1, 0.15) is 35.2 Å². The Kier molecular flexibility index (Phi) is 3.31. The van der Waals surface area contributed by atoms with Gasteiger partial charge in [0, 0.05) is 13.5 Å². The van der Waals surface area contributed by atoms with E-state index in [1.165, 1.54) is 22.3 Å². The molecule has 1 amide bonds. The Morgan fingerprint density at radius 1 is 1.10 bits per heavy atom. The fourth-order valence-electron chi connectivity index (χ4n) is 3.01. The van der Waals surface area contributed by atoms with Gasteiger partial charge in [0.1, 0.15) is 0 Å². The second-order valence-electron chi connectivity index (χ2n) is 5.47. The highest BCUT2D eigenvalue weighted by Gasteiger charge is 2.29. The number of amides is 1. The maximum Gasteiger partial charge on any atom is 0.220 e. The third-order valence-electron chi connectivity index (χ3n) is 4.08. The van der Waals surface area contributed by atoms with E-state index in [9.17, 15) is 4.79 Å². The van der Waals surface area contributed by atoms with Gasteiger partial charge in [0.05, 0.1) is 6.04 Å². The lowest BCUT2D eigenvalue weighted by molar-refractivity contribution is -0.130. The van der Waals surface area contributed by atoms with Crippen LogP contribution in [0.25, 0.3) is 0 Å². The van der Waals surface area contributed by atoms with Gasteiger partial charge in [0.15, 0.2) is 0 Å². The number of nitrogens with zero attached hydrogens (tertiary/aromatic N) is 1. The second kappa shape index (κ2) is 5.12. The lowest BCUT2D eigenvalue weighted by Gasteiger charge is -2.37. The van der Waals surface area contributed by atoms with Crippen LogP contribution < -0.4 is 0 Å². The summed E-state index contributed by atoms with van der Waals surface area (Å²) in [6.07, 6.45) is 0.943. The molecule has 0 saturated carbocycles. The zero-order valence-electron chi connectivity index (χ0n) is 12.0. The van der Waals surface area contributed by atoms with Gasteiger partial charge in [0.2, 0.25) is 5.91 Å². The number of benzene rings is 2. The maximum atomic E-state index is 12.0. The molecule has 0 radical (unpaired) electrons. The molecule has 1 heterocycles. The molecule has 0 bridgehead atoms. The molecule has 1 aliphatic rings. The van der Waals surface area contributed by atoms with Crippen molar-refractivity contribution < 1.29 is 4.79 Å². The molecule has 0 fully saturated rings.